The van der Waals surface area contributed by atoms with Gasteiger partial charge in [-0.1, -0.05) is 18.0 Å². The van der Waals surface area contributed by atoms with Gasteiger partial charge in [0, 0.05) is 17.2 Å². The van der Waals surface area contributed by atoms with Crippen LogP contribution in [0.15, 0.2) is 53.6 Å². The second-order valence-electron chi connectivity index (χ2n) is 7.99. The van der Waals surface area contributed by atoms with Crippen LogP contribution in [0.5, 0.6) is 5.75 Å². The molecular formula is C23H18ClF2N3O3S. The predicted molar refractivity (Wildman–Crippen MR) is 121 cm³/mol. The fraction of sp³-hybridized carbons (Fsp3) is 0.217. The molecule has 1 aliphatic carbocycles. The Labute approximate surface area is 196 Å². The summed E-state index contributed by atoms with van der Waals surface area (Å²) in [5, 5.41) is 3.11. The number of hydrogen-bond acceptors (Lipinski definition) is 5. The molecule has 10 heteroatoms. The van der Waals surface area contributed by atoms with Crippen molar-refractivity contribution in [3.8, 4) is 5.75 Å². The maximum atomic E-state index is 14.2. The van der Waals surface area contributed by atoms with Crippen LogP contribution in [-0.2, 0) is 28.2 Å². The van der Waals surface area contributed by atoms with Crippen molar-refractivity contribution in [3.05, 3.63) is 76.6 Å². The summed E-state index contributed by atoms with van der Waals surface area (Å²) < 4.78 is 48.9. The van der Waals surface area contributed by atoms with E-state index in [0.717, 1.165) is 24.2 Å². The second-order valence-corrected chi connectivity index (χ2v) is 9.61. The molecule has 0 bridgehead atoms. The Morgan fingerprint density at radius 1 is 1.21 bits per heavy atom. The predicted octanol–water partition coefficient (Wildman–Crippen LogP) is 5.10. The first-order valence-corrected chi connectivity index (χ1v) is 11.8. The average molecular weight is 490 g/mol. The van der Waals surface area contributed by atoms with Crippen LogP contribution in [0, 0.1) is 11.6 Å². The highest BCUT2D eigenvalue weighted by molar-refractivity contribution is 7.92. The van der Waals surface area contributed by atoms with E-state index < -0.39 is 28.4 Å². The highest BCUT2D eigenvalue weighted by Gasteiger charge is 2.52. The first kappa shape index (κ1) is 21.9. The molecule has 1 atom stereocenters. The molecule has 33 heavy (non-hydrogen) atoms. The first-order chi connectivity index (χ1) is 15.9. The van der Waals surface area contributed by atoms with E-state index >= 15 is 0 Å². The lowest BCUT2D eigenvalue weighted by Crippen LogP contribution is -2.40. The summed E-state index contributed by atoms with van der Waals surface area (Å²) in [5.74, 6) is -0.898. The van der Waals surface area contributed by atoms with E-state index in [4.69, 9.17) is 16.3 Å². The second kappa shape index (κ2) is 8.48. The summed E-state index contributed by atoms with van der Waals surface area (Å²) >= 11 is 3.87. The summed E-state index contributed by atoms with van der Waals surface area (Å²) in [4.78, 5) is 16.7. The molecule has 1 aromatic heterocycles. The van der Waals surface area contributed by atoms with Crippen LogP contribution in [0.25, 0.3) is 0 Å². The zero-order chi connectivity index (χ0) is 23.2. The summed E-state index contributed by atoms with van der Waals surface area (Å²) in [5.41, 5.74) is 1.56. The highest BCUT2D eigenvalue weighted by Crippen LogP contribution is 2.54. The smallest absolute Gasteiger partial charge is 0.235 e. The SMILES string of the molecule is O=C1Nc2c(OCc3ccc(F)cn3)cc(N[S+]([O-])c3ccc(Cl)cc3F)cc2C12CCC2. The van der Waals surface area contributed by atoms with Crippen molar-refractivity contribution < 1.29 is 22.9 Å². The number of anilines is 2. The maximum Gasteiger partial charge on any atom is 0.235 e. The number of nitrogens with one attached hydrogen (secondary N) is 2. The number of carbonyl (C=O) groups is 1. The van der Waals surface area contributed by atoms with Crippen molar-refractivity contribution in [1.29, 1.82) is 0 Å². The summed E-state index contributed by atoms with van der Waals surface area (Å²) in [6.45, 7) is 0.0357. The van der Waals surface area contributed by atoms with Crippen LogP contribution in [0.3, 0.4) is 0 Å². The Balaban J connectivity index is 1.47. The van der Waals surface area contributed by atoms with Gasteiger partial charge in [0.25, 0.3) is 0 Å². The Kier molecular flexibility index (Phi) is 5.64. The van der Waals surface area contributed by atoms with Crippen LogP contribution in [0.1, 0.15) is 30.5 Å². The Morgan fingerprint density at radius 3 is 2.70 bits per heavy atom. The van der Waals surface area contributed by atoms with Gasteiger partial charge in [0.1, 0.15) is 29.5 Å². The van der Waals surface area contributed by atoms with Crippen LogP contribution < -0.4 is 14.8 Å². The highest BCUT2D eigenvalue weighted by atomic mass is 35.5. The van der Waals surface area contributed by atoms with E-state index in [1.54, 1.807) is 12.1 Å². The van der Waals surface area contributed by atoms with Gasteiger partial charge in [0.15, 0.2) is 5.82 Å². The topological polar surface area (TPSA) is 86.3 Å². The lowest BCUT2D eigenvalue weighted by Gasteiger charge is -2.36. The van der Waals surface area contributed by atoms with E-state index in [2.05, 4.69) is 15.0 Å². The van der Waals surface area contributed by atoms with Crippen molar-refractivity contribution in [2.24, 2.45) is 0 Å². The number of amides is 1. The number of ether oxygens (including phenoxy) is 1. The van der Waals surface area contributed by atoms with Gasteiger partial charge in [-0.25, -0.2) is 13.5 Å². The molecule has 1 aliphatic heterocycles. The number of halogens is 3. The summed E-state index contributed by atoms with van der Waals surface area (Å²) in [6.07, 6.45) is 3.41. The van der Waals surface area contributed by atoms with Crippen molar-refractivity contribution in [2.75, 3.05) is 10.0 Å². The molecule has 2 aliphatic rings. The minimum atomic E-state index is -1.92. The number of hydrogen-bond donors (Lipinski definition) is 2. The molecule has 0 radical (unpaired) electrons. The molecule has 1 spiro atoms. The number of rotatable bonds is 6. The van der Waals surface area contributed by atoms with Gasteiger partial charge in [-0.15, -0.1) is 0 Å². The minimum absolute atomic E-state index is 0.0357. The Bertz CT molecular complexity index is 1240. The lowest BCUT2D eigenvalue weighted by molar-refractivity contribution is -0.123. The third kappa shape index (κ3) is 4.01. The molecule has 0 saturated heterocycles. The van der Waals surface area contributed by atoms with Gasteiger partial charge in [-0.3, -0.25) is 9.78 Å². The normalized spacial score (nSPS) is 16.7. The lowest BCUT2D eigenvalue weighted by atomic mass is 9.65. The van der Waals surface area contributed by atoms with Gasteiger partial charge in [-0.05, 0) is 48.7 Å². The largest absolute Gasteiger partial charge is 0.588 e. The first-order valence-electron chi connectivity index (χ1n) is 10.2. The van der Waals surface area contributed by atoms with E-state index in [1.807, 2.05) is 0 Å². The number of fused-ring (bicyclic) bond motifs is 2. The molecule has 2 N–H and O–H groups in total. The standard InChI is InChI=1S/C23H18ClF2N3O3S/c24-13-2-5-20(18(26)8-13)33(31)29-16-9-17-21(28-22(30)23(17)6-1-7-23)19(10-16)32-12-15-4-3-14(25)11-27-15/h2-5,8-11,29H,1,6-7,12H2,(H,28,30). The summed E-state index contributed by atoms with van der Waals surface area (Å²) in [6, 6.07) is 10.0. The minimum Gasteiger partial charge on any atom is -0.588 e. The van der Waals surface area contributed by atoms with Gasteiger partial charge in [0.2, 0.25) is 10.8 Å². The number of aromatic nitrogens is 1. The van der Waals surface area contributed by atoms with Crippen LogP contribution in [0.4, 0.5) is 20.2 Å². The van der Waals surface area contributed by atoms with Crippen molar-refractivity contribution >= 4 is 40.2 Å². The molecule has 1 fully saturated rings. The van der Waals surface area contributed by atoms with Crippen molar-refractivity contribution in [3.63, 3.8) is 0 Å². The maximum absolute atomic E-state index is 14.2. The fourth-order valence-corrected chi connectivity index (χ4v) is 5.14. The monoisotopic (exact) mass is 489 g/mol. The molecule has 1 saturated carbocycles. The third-order valence-electron chi connectivity index (χ3n) is 5.97. The average Bonchev–Trinajstić information content (AvgIpc) is 3.05. The molecule has 2 aromatic carbocycles. The zero-order valence-corrected chi connectivity index (χ0v) is 18.7. The fourth-order valence-electron chi connectivity index (χ4n) is 4.11. The van der Waals surface area contributed by atoms with Crippen molar-refractivity contribution in [1.82, 2.24) is 4.98 Å². The number of pyridine rings is 1. The van der Waals surface area contributed by atoms with Gasteiger partial charge >= 0.3 is 0 Å². The van der Waals surface area contributed by atoms with Crippen LogP contribution >= 0.6 is 11.6 Å². The third-order valence-corrected chi connectivity index (χ3v) is 7.35. The molecule has 5 rings (SSSR count). The van der Waals surface area contributed by atoms with E-state index in [0.29, 0.717) is 35.7 Å². The zero-order valence-electron chi connectivity index (χ0n) is 17.2. The number of benzene rings is 2. The van der Waals surface area contributed by atoms with Crippen LogP contribution in [0.2, 0.25) is 5.02 Å². The Morgan fingerprint density at radius 2 is 2.03 bits per heavy atom. The van der Waals surface area contributed by atoms with Gasteiger partial charge < -0.3 is 14.6 Å². The molecule has 170 valence electrons. The molecule has 1 amide bonds. The quantitative estimate of drug-likeness (QED) is 0.470. The molecule has 3 aromatic rings. The number of nitrogens with zero attached hydrogens (tertiary/aromatic N) is 1. The number of carbonyl (C=O) groups excluding carboxylic acids is 1. The molecular weight excluding hydrogens is 472 g/mol. The van der Waals surface area contributed by atoms with Crippen LogP contribution in [-0.4, -0.2) is 15.4 Å². The Hall–Kier alpha value is -2.88. The van der Waals surface area contributed by atoms with Gasteiger partial charge in [-0.2, -0.15) is 0 Å². The van der Waals surface area contributed by atoms with E-state index in [1.165, 1.54) is 24.3 Å². The van der Waals surface area contributed by atoms with E-state index in [9.17, 15) is 18.1 Å². The summed E-state index contributed by atoms with van der Waals surface area (Å²) in [7, 11) is 0. The van der Waals surface area contributed by atoms with Gasteiger partial charge in [0.05, 0.1) is 28.7 Å². The molecule has 2 heterocycles. The van der Waals surface area contributed by atoms with E-state index in [-0.39, 0.29) is 22.4 Å². The van der Waals surface area contributed by atoms with Crippen molar-refractivity contribution in [2.45, 2.75) is 36.2 Å². The molecule has 1 unspecified atom stereocenters. The molecule has 6 nitrogen and oxygen atoms in total.